The Morgan fingerprint density at radius 3 is 1.42 bits per heavy atom. The highest BCUT2D eigenvalue weighted by molar-refractivity contribution is 6.10. The second-order valence-corrected chi connectivity index (χ2v) is 8.72. The van der Waals surface area contributed by atoms with Crippen LogP contribution in [0, 0.1) is 0 Å². The number of fused-ring (bicyclic) bond motifs is 2. The van der Waals surface area contributed by atoms with Crippen LogP contribution in [0.2, 0.25) is 0 Å². The van der Waals surface area contributed by atoms with Crippen molar-refractivity contribution >= 4 is 44.8 Å². The molecule has 6 nitrogen and oxygen atoms in total. The third-order valence-corrected chi connectivity index (χ3v) is 6.11. The van der Waals surface area contributed by atoms with Gasteiger partial charge in [0, 0.05) is 24.0 Å². The zero-order valence-corrected chi connectivity index (χ0v) is 20.6. The fourth-order valence-corrected chi connectivity index (χ4v) is 4.18. The molecule has 4 aromatic carbocycles. The van der Waals surface area contributed by atoms with Crippen molar-refractivity contribution < 1.29 is 9.59 Å². The lowest BCUT2D eigenvalue weighted by atomic mass is 10.0. The molecule has 6 heteroatoms. The Kier molecular flexibility index (Phi) is 8.19. The van der Waals surface area contributed by atoms with Gasteiger partial charge in [0.2, 0.25) is 11.8 Å². The fourth-order valence-electron chi connectivity index (χ4n) is 4.18. The number of carbonyl (C=O) groups excluding carboxylic acids is 2. The highest BCUT2D eigenvalue weighted by Gasteiger charge is 2.07. The van der Waals surface area contributed by atoms with Gasteiger partial charge in [0.05, 0.1) is 11.4 Å². The van der Waals surface area contributed by atoms with Crippen LogP contribution in [0.15, 0.2) is 95.1 Å². The number of amides is 2. The average molecular weight is 479 g/mol. The summed E-state index contributed by atoms with van der Waals surface area (Å²) >= 11 is 0. The molecule has 0 saturated heterocycles. The molecule has 0 heterocycles. The second-order valence-electron chi connectivity index (χ2n) is 8.72. The third-order valence-electron chi connectivity index (χ3n) is 6.11. The lowest BCUT2D eigenvalue weighted by Gasteiger charge is -2.07. The average Bonchev–Trinajstić information content (AvgIpc) is 2.92. The summed E-state index contributed by atoms with van der Waals surface area (Å²) in [4.78, 5) is 24.5. The molecule has 0 atom stereocenters. The summed E-state index contributed by atoms with van der Waals surface area (Å²) in [5.74, 6) is -0.334. The topological polar surface area (TPSA) is 82.9 Å². The van der Waals surface area contributed by atoms with Crippen molar-refractivity contribution in [2.45, 2.75) is 39.5 Å². The van der Waals surface area contributed by atoms with Crippen LogP contribution in [0.5, 0.6) is 0 Å². The molecule has 4 aromatic rings. The maximum atomic E-state index is 12.2. The van der Waals surface area contributed by atoms with E-state index in [0.29, 0.717) is 25.7 Å². The lowest BCUT2D eigenvalue weighted by Crippen LogP contribution is -2.20. The first-order valence-corrected chi connectivity index (χ1v) is 12.2. The van der Waals surface area contributed by atoms with Gasteiger partial charge in [-0.15, -0.1) is 0 Å². The van der Waals surface area contributed by atoms with Crippen LogP contribution in [0.25, 0.3) is 21.5 Å². The van der Waals surface area contributed by atoms with Gasteiger partial charge in [-0.25, -0.2) is 10.9 Å². The minimum absolute atomic E-state index is 0.167. The van der Waals surface area contributed by atoms with E-state index in [1.54, 1.807) is 0 Å². The summed E-state index contributed by atoms with van der Waals surface area (Å²) in [6, 6.07) is 28.2. The maximum Gasteiger partial charge on any atom is 0.240 e. The summed E-state index contributed by atoms with van der Waals surface area (Å²) in [5, 5.41) is 13.0. The van der Waals surface area contributed by atoms with E-state index in [1.165, 1.54) is 0 Å². The molecular weight excluding hydrogens is 448 g/mol. The molecule has 36 heavy (non-hydrogen) atoms. The van der Waals surface area contributed by atoms with E-state index in [0.717, 1.165) is 44.1 Å². The van der Waals surface area contributed by atoms with Gasteiger partial charge in [0.25, 0.3) is 0 Å². The number of carbonyl (C=O) groups is 2. The number of nitrogens with zero attached hydrogens (tertiary/aromatic N) is 2. The van der Waals surface area contributed by atoms with Crippen LogP contribution in [-0.2, 0) is 9.59 Å². The minimum atomic E-state index is -0.167. The largest absolute Gasteiger partial charge is 0.273 e. The molecule has 0 spiro atoms. The third kappa shape index (κ3) is 6.21. The van der Waals surface area contributed by atoms with Crippen molar-refractivity contribution in [2.75, 3.05) is 0 Å². The van der Waals surface area contributed by atoms with Gasteiger partial charge in [0.1, 0.15) is 0 Å². The Bertz CT molecular complexity index is 1330. The predicted octanol–water partition coefficient (Wildman–Crippen LogP) is 5.93. The summed E-state index contributed by atoms with van der Waals surface area (Å²) in [5.41, 5.74) is 8.74. The van der Waals surface area contributed by atoms with Crippen LogP contribution in [0.3, 0.4) is 0 Å². The summed E-state index contributed by atoms with van der Waals surface area (Å²) < 4.78 is 0. The quantitative estimate of drug-likeness (QED) is 0.177. The second kappa shape index (κ2) is 11.9. The van der Waals surface area contributed by atoms with E-state index in [2.05, 4.69) is 45.3 Å². The first-order chi connectivity index (χ1) is 17.5. The Hall–Kier alpha value is -4.32. The number of hydrogen-bond donors (Lipinski definition) is 2. The minimum Gasteiger partial charge on any atom is -0.273 e. The monoisotopic (exact) mass is 478 g/mol. The molecule has 0 radical (unpaired) electrons. The van der Waals surface area contributed by atoms with Crippen LogP contribution < -0.4 is 10.9 Å². The fraction of sp³-hybridized carbons (Fsp3) is 0.200. The number of rotatable bonds is 9. The van der Waals surface area contributed by atoms with E-state index in [1.807, 2.05) is 74.5 Å². The Balaban J connectivity index is 1.22. The molecule has 0 aromatic heterocycles. The molecule has 0 aliphatic carbocycles. The van der Waals surface area contributed by atoms with Crippen molar-refractivity contribution in [3.8, 4) is 0 Å². The number of hydrazone groups is 2. The molecule has 0 aliphatic heterocycles. The molecule has 0 fully saturated rings. The van der Waals surface area contributed by atoms with E-state index in [9.17, 15) is 9.59 Å². The van der Waals surface area contributed by atoms with Gasteiger partial charge in [0.15, 0.2) is 0 Å². The first-order valence-electron chi connectivity index (χ1n) is 12.2. The molecule has 0 unspecified atom stereocenters. The van der Waals surface area contributed by atoms with Gasteiger partial charge in [-0.2, -0.15) is 10.2 Å². The molecule has 0 aliphatic rings. The highest BCUT2D eigenvalue weighted by atomic mass is 16.2. The highest BCUT2D eigenvalue weighted by Crippen LogP contribution is 2.20. The van der Waals surface area contributed by atoms with Gasteiger partial charge < -0.3 is 0 Å². The van der Waals surface area contributed by atoms with E-state index in [4.69, 9.17) is 0 Å². The molecule has 2 amide bonds. The smallest absolute Gasteiger partial charge is 0.240 e. The van der Waals surface area contributed by atoms with Gasteiger partial charge in [-0.1, -0.05) is 84.9 Å². The Morgan fingerprint density at radius 2 is 0.972 bits per heavy atom. The van der Waals surface area contributed by atoms with Crippen molar-refractivity contribution in [1.82, 2.24) is 10.9 Å². The molecule has 182 valence electrons. The zero-order chi connectivity index (χ0) is 25.3. The van der Waals surface area contributed by atoms with E-state index >= 15 is 0 Å². The lowest BCUT2D eigenvalue weighted by molar-refractivity contribution is -0.123. The standard InChI is InChI=1S/C30H30N4O2/c1-21(25-17-9-13-23-11-3-5-15-27(23)25)31-33-29(35)19-7-8-20-30(36)34-32-22(2)26-18-10-14-24-12-4-6-16-28(24)26/h3-6,9-18H,7-8,19-20H2,1-2H3,(H,33,35)(H,34,36)/b31-21-,32-22-. The molecule has 0 bridgehead atoms. The number of nitrogens with one attached hydrogen (secondary N) is 2. The van der Waals surface area contributed by atoms with Crippen molar-refractivity contribution in [3.05, 3.63) is 96.1 Å². The van der Waals surface area contributed by atoms with E-state index < -0.39 is 0 Å². The van der Waals surface area contributed by atoms with Crippen LogP contribution >= 0.6 is 0 Å². The SMILES string of the molecule is C/C(=N/NC(=O)CCCCC(=O)N/N=C(/C)c1cccc2ccccc12)c1cccc2ccccc12. The van der Waals surface area contributed by atoms with E-state index in [-0.39, 0.29) is 11.8 Å². The molecule has 2 N–H and O–H groups in total. The van der Waals surface area contributed by atoms with Gasteiger partial charge in [-0.3, -0.25) is 9.59 Å². The molecule has 4 rings (SSSR count). The number of unbranched alkanes of at least 4 members (excludes halogenated alkanes) is 1. The van der Waals surface area contributed by atoms with Crippen molar-refractivity contribution in [2.24, 2.45) is 10.2 Å². The van der Waals surface area contributed by atoms with Crippen LogP contribution in [-0.4, -0.2) is 23.2 Å². The van der Waals surface area contributed by atoms with Gasteiger partial charge >= 0.3 is 0 Å². The molecule has 0 saturated carbocycles. The van der Waals surface area contributed by atoms with Crippen molar-refractivity contribution in [1.29, 1.82) is 0 Å². The van der Waals surface area contributed by atoms with Crippen molar-refractivity contribution in [3.63, 3.8) is 0 Å². The predicted molar refractivity (Wildman–Crippen MR) is 147 cm³/mol. The summed E-state index contributed by atoms with van der Waals surface area (Å²) in [7, 11) is 0. The molecular formula is C30H30N4O2. The Morgan fingerprint density at radius 1 is 0.583 bits per heavy atom. The first kappa shape index (κ1) is 24.8. The van der Waals surface area contributed by atoms with Crippen LogP contribution in [0.4, 0.5) is 0 Å². The number of benzene rings is 4. The summed E-state index contributed by atoms with van der Waals surface area (Å²) in [6.45, 7) is 3.76. The Labute approximate surface area is 211 Å². The maximum absolute atomic E-state index is 12.2. The number of hydrogen-bond acceptors (Lipinski definition) is 4. The normalized spacial score (nSPS) is 12.1. The van der Waals surface area contributed by atoms with Crippen LogP contribution in [0.1, 0.15) is 50.7 Å². The zero-order valence-electron chi connectivity index (χ0n) is 20.6. The summed E-state index contributed by atoms with van der Waals surface area (Å²) in [6.07, 6.45) is 1.79. The van der Waals surface area contributed by atoms with Gasteiger partial charge in [-0.05, 0) is 48.2 Å².